The van der Waals surface area contributed by atoms with E-state index in [1.165, 1.54) is 17.7 Å². The minimum atomic E-state index is -0.376. The van der Waals surface area contributed by atoms with E-state index in [4.69, 9.17) is 0 Å². The second kappa shape index (κ2) is 7.58. The van der Waals surface area contributed by atoms with Crippen molar-refractivity contribution in [3.8, 4) is 0 Å². The highest BCUT2D eigenvalue weighted by Crippen LogP contribution is 2.31. The molecule has 2 aromatic carbocycles. The van der Waals surface area contributed by atoms with Gasteiger partial charge in [-0.3, -0.25) is 14.4 Å². The van der Waals surface area contributed by atoms with Crippen molar-refractivity contribution in [2.24, 2.45) is 0 Å². The first-order valence-electron chi connectivity index (χ1n) is 9.95. The molecule has 0 spiro atoms. The first kappa shape index (κ1) is 18.4. The zero-order valence-corrected chi connectivity index (χ0v) is 16.0. The molecule has 4 rings (SSSR count). The van der Waals surface area contributed by atoms with Crippen LogP contribution in [0.2, 0.25) is 0 Å². The largest absolute Gasteiger partial charge is 0.349 e. The van der Waals surface area contributed by atoms with Crippen LogP contribution in [0, 0.1) is 6.92 Å². The van der Waals surface area contributed by atoms with Gasteiger partial charge in [0.15, 0.2) is 0 Å². The number of anilines is 1. The van der Waals surface area contributed by atoms with Gasteiger partial charge in [0.05, 0.1) is 16.8 Å². The summed E-state index contributed by atoms with van der Waals surface area (Å²) in [4.78, 5) is 39.6. The van der Waals surface area contributed by atoms with Crippen molar-refractivity contribution in [2.45, 2.75) is 51.5 Å². The van der Waals surface area contributed by atoms with Crippen molar-refractivity contribution in [1.82, 2.24) is 5.32 Å². The number of amides is 3. The van der Waals surface area contributed by atoms with E-state index < -0.39 is 0 Å². The summed E-state index contributed by atoms with van der Waals surface area (Å²) >= 11 is 0. The molecule has 1 saturated carbocycles. The molecule has 1 heterocycles. The molecule has 1 fully saturated rings. The topological polar surface area (TPSA) is 66.5 Å². The van der Waals surface area contributed by atoms with E-state index >= 15 is 0 Å². The lowest BCUT2D eigenvalue weighted by molar-refractivity contribution is 0.0920. The second-order valence-corrected chi connectivity index (χ2v) is 7.65. The summed E-state index contributed by atoms with van der Waals surface area (Å²) in [7, 11) is 0. The molecule has 0 saturated heterocycles. The van der Waals surface area contributed by atoms with Crippen LogP contribution < -0.4 is 10.2 Å². The van der Waals surface area contributed by atoms with E-state index in [0.717, 1.165) is 31.2 Å². The number of nitrogens with one attached hydrogen (secondary N) is 1. The molecule has 1 aliphatic heterocycles. The fraction of sp³-hybridized carbons (Fsp3) is 0.348. The number of nitrogens with zero attached hydrogens (tertiary/aromatic N) is 1. The number of fused-ring (bicyclic) bond motifs is 1. The Labute approximate surface area is 164 Å². The van der Waals surface area contributed by atoms with Crippen LogP contribution in [0.3, 0.4) is 0 Å². The van der Waals surface area contributed by atoms with Gasteiger partial charge in [-0.15, -0.1) is 0 Å². The van der Waals surface area contributed by atoms with Gasteiger partial charge in [-0.2, -0.15) is 0 Å². The van der Waals surface area contributed by atoms with Gasteiger partial charge >= 0.3 is 0 Å². The van der Waals surface area contributed by atoms with Crippen LogP contribution in [0.1, 0.15) is 75.2 Å². The molecule has 5 heteroatoms. The maximum Gasteiger partial charge on any atom is 0.266 e. The summed E-state index contributed by atoms with van der Waals surface area (Å²) in [5, 5.41) is 3.10. The Balaban J connectivity index is 1.58. The lowest BCUT2D eigenvalue weighted by atomic mass is 10.0. The number of hydrogen-bond acceptors (Lipinski definition) is 3. The number of para-hydroxylation sites is 1. The van der Waals surface area contributed by atoms with E-state index in [2.05, 4.69) is 5.32 Å². The minimum Gasteiger partial charge on any atom is -0.349 e. The minimum absolute atomic E-state index is 0.177. The van der Waals surface area contributed by atoms with Crippen LogP contribution >= 0.6 is 0 Å². The zero-order valence-electron chi connectivity index (χ0n) is 16.0. The highest BCUT2D eigenvalue weighted by Gasteiger charge is 2.37. The number of aryl methyl sites for hydroxylation is 1. The Bertz CT molecular complexity index is 943. The summed E-state index contributed by atoms with van der Waals surface area (Å²) in [6.07, 6.45) is 6.69. The summed E-state index contributed by atoms with van der Waals surface area (Å²) in [6.45, 7) is 1.87. The summed E-state index contributed by atoms with van der Waals surface area (Å²) < 4.78 is 0. The maximum absolute atomic E-state index is 12.9. The Morgan fingerprint density at radius 1 is 0.929 bits per heavy atom. The van der Waals surface area contributed by atoms with Gasteiger partial charge < -0.3 is 5.32 Å². The normalized spacial score (nSPS) is 17.4. The van der Waals surface area contributed by atoms with Crippen LogP contribution in [-0.4, -0.2) is 23.8 Å². The zero-order chi connectivity index (χ0) is 19.7. The van der Waals surface area contributed by atoms with Gasteiger partial charge in [-0.1, -0.05) is 43.9 Å². The molecule has 28 heavy (non-hydrogen) atoms. The molecular formula is C23H24N2O3. The monoisotopic (exact) mass is 376 g/mol. The third-order valence-electron chi connectivity index (χ3n) is 5.70. The van der Waals surface area contributed by atoms with Crippen molar-refractivity contribution in [2.75, 3.05) is 4.90 Å². The Morgan fingerprint density at radius 2 is 1.61 bits per heavy atom. The summed E-state index contributed by atoms with van der Waals surface area (Å²) in [5.41, 5.74) is 2.50. The number of carbonyl (C=O) groups excluding carboxylic acids is 3. The third kappa shape index (κ3) is 3.33. The standard InChI is InChI=1S/C23H24N2O3/c1-15-8-6-7-11-20(15)25-22(27)18-13-12-16(14-19(18)23(25)28)21(26)24-17-9-4-2-3-5-10-17/h6-8,11-14,17H,2-5,9-10H2,1H3,(H,24,26). The lowest BCUT2D eigenvalue weighted by Gasteiger charge is -2.16. The van der Waals surface area contributed by atoms with Crippen LogP contribution in [0.4, 0.5) is 5.69 Å². The molecule has 0 radical (unpaired) electrons. The van der Waals surface area contributed by atoms with Crippen LogP contribution in [0.15, 0.2) is 42.5 Å². The maximum atomic E-state index is 12.9. The highest BCUT2D eigenvalue weighted by molar-refractivity contribution is 6.35. The summed E-state index contributed by atoms with van der Waals surface area (Å²) in [6, 6.07) is 12.3. The number of imide groups is 1. The molecular weight excluding hydrogens is 352 g/mol. The summed E-state index contributed by atoms with van der Waals surface area (Å²) in [5.74, 6) is -0.896. The molecule has 1 N–H and O–H groups in total. The number of rotatable bonds is 3. The third-order valence-corrected chi connectivity index (χ3v) is 5.70. The van der Waals surface area contributed by atoms with Crippen molar-refractivity contribution < 1.29 is 14.4 Å². The van der Waals surface area contributed by atoms with E-state index in [1.54, 1.807) is 30.3 Å². The van der Waals surface area contributed by atoms with Crippen molar-refractivity contribution >= 4 is 23.4 Å². The predicted octanol–water partition coefficient (Wildman–Crippen LogP) is 4.25. The van der Waals surface area contributed by atoms with Gasteiger partial charge in [-0.25, -0.2) is 4.90 Å². The molecule has 0 bridgehead atoms. The number of benzene rings is 2. The first-order chi connectivity index (χ1) is 13.6. The molecule has 0 aromatic heterocycles. The molecule has 0 unspecified atom stereocenters. The molecule has 2 aromatic rings. The molecule has 0 atom stereocenters. The fourth-order valence-electron chi connectivity index (χ4n) is 4.11. The lowest BCUT2D eigenvalue weighted by Crippen LogP contribution is -2.34. The van der Waals surface area contributed by atoms with Crippen molar-refractivity contribution in [1.29, 1.82) is 0 Å². The van der Waals surface area contributed by atoms with Gasteiger partial charge in [0, 0.05) is 11.6 Å². The van der Waals surface area contributed by atoms with Crippen LogP contribution in [0.25, 0.3) is 0 Å². The fourth-order valence-corrected chi connectivity index (χ4v) is 4.11. The molecule has 1 aliphatic carbocycles. The first-order valence-corrected chi connectivity index (χ1v) is 9.95. The Morgan fingerprint density at radius 3 is 2.32 bits per heavy atom. The number of carbonyl (C=O) groups is 3. The highest BCUT2D eigenvalue weighted by atomic mass is 16.2. The van der Waals surface area contributed by atoms with E-state index in [9.17, 15) is 14.4 Å². The molecule has 2 aliphatic rings. The van der Waals surface area contributed by atoms with E-state index in [0.29, 0.717) is 22.4 Å². The van der Waals surface area contributed by atoms with E-state index in [-0.39, 0.29) is 23.8 Å². The van der Waals surface area contributed by atoms with Gasteiger partial charge in [0.25, 0.3) is 17.7 Å². The molecule has 3 amide bonds. The van der Waals surface area contributed by atoms with Crippen LogP contribution in [0.5, 0.6) is 0 Å². The Kier molecular flexibility index (Phi) is 4.99. The van der Waals surface area contributed by atoms with Crippen LogP contribution in [-0.2, 0) is 0 Å². The predicted molar refractivity (Wildman–Crippen MR) is 108 cm³/mol. The number of hydrogen-bond donors (Lipinski definition) is 1. The molecule has 5 nitrogen and oxygen atoms in total. The SMILES string of the molecule is Cc1ccccc1N1C(=O)c2ccc(C(=O)NC3CCCCCC3)cc2C1=O. The van der Waals surface area contributed by atoms with Crippen molar-refractivity contribution in [3.63, 3.8) is 0 Å². The average Bonchev–Trinajstić information content (AvgIpc) is 2.86. The van der Waals surface area contributed by atoms with E-state index in [1.807, 2.05) is 19.1 Å². The van der Waals surface area contributed by atoms with Gasteiger partial charge in [0.1, 0.15) is 0 Å². The molecule has 144 valence electrons. The smallest absolute Gasteiger partial charge is 0.266 e. The van der Waals surface area contributed by atoms with Crippen molar-refractivity contribution in [3.05, 3.63) is 64.7 Å². The Hall–Kier alpha value is -2.95. The quantitative estimate of drug-likeness (QED) is 0.643. The average molecular weight is 376 g/mol. The van der Waals surface area contributed by atoms with Gasteiger partial charge in [-0.05, 0) is 49.6 Å². The van der Waals surface area contributed by atoms with Gasteiger partial charge in [0.2, 0.25) is 0 Å². The second-order valence-electron chi connectivity index (χ2n) is 7.65.